The molecule has 170 valence electrons. The zero-order chi connectivity index (χ0) is 23.5. The summed E-state index contributed by atoms with van der Waals surface area (Å²) in [5.41, 5.74) is 5.00. The second-order valence-corrected chi connectivity index (χ2v) is 8.59. The van der Waals surface area contributed by atoms with Crippen LogP contribution in [0.5, 0.6) is 0 Å². The van der Waals surface area contributed by atoms with E-state index in [9.17, 15) is 9.59 Å². The van der Waals surface area contributed by atoms with Crippen molar-refractivity contribution in [1.29, 1.82) is 0 Å². The molecule has 2 heterocycles. The molecule has 1 aromatic heterocycles. The Morgan fingerprint density at radius 2 is 1.85 bits per heavy atom. The molecule has 33 heavy (non-hydrogen) atoms. The fourth-order valence-corrected chi connectivity index (χ4v) is 4.42. The monoisotopic (exact) mass is 442 g/mol. The van der Waals surface area contributed by atoms with Gasteiger partial charge in [0.05, 0.1) is 11.0 Å². The van der Waals surface area contributed by atoms with E-state index in [1.54, 1.807) is 17.1 Å². The molecule has 4 rings (SSSR count). The molecule has 1 fully saturated rings. The number of benzene rings is 2. The van der Waals surface area contributed by atoms with Gasteiger partial charge in [-0.25, -0.2) is 4.98 Å². The number of carbonyl (C=O) groups excluding carboxylic acids is 2. The van der Waals surface area contributed by atoms with Gasteiger partial charge in [-0.2, -0.15) is 0 Å². The number of imidazole rings is 1. The van der Waals surface area contributed by atoms with Gasteiger partial charge in [0.1, 0.15) is 12.4 Å². The van der Waals surface area contributed by atoms with E-state index in [2.05, 4.69) is 33.1 Å². The smallest absolute Gasteiger partial charge is 0.243 e. The molecular weight excluding hydrogens is 412 g/mol. The van der Waals surface area contributed by atoms with Crippen molar-refractivity contribution in [3.63, 3.8) is 0 Å². The number of hydrogen-bond acceptors (Lipinski definition) is 3. The quantitative estimate of drug-likeness (QED) is 0.487. The van der Waals surface area contributed by atoms with Crippen LogP contribution in [0.3, 0.4) is 0 Å². The Morgan fingerprint density at radius 1 is 1.12 bits per heavy atom. The number of carbonyl (C=O) groups is 2. The molecule has 1 saturated heterocycles. The van der Waals surface area contributed by atoms with Gasteiger partial charge in [-0.1, -0.05) is 30.4 Å². The zero-order valence-electron chi connectivity index (χ0n) is 19.3. The maximum absolute atomic E-state index is 13.1. The highest BCUT2D eigenvalue weighted by Crippen LogP contribution is 2.34. The van der Waals surface area contributed by atoms with Gasteiger partial charge in [0, 0.05) is 37.7 Å². The Bertz CT molecular complexity index is 1220. The molecule has 2 aromatic carbocycles. The topological polar surface area (TPSA) is 58.4 Å². The predicted molar refractivity (Wildman–Crippen MR) is 132 cm³/mol. The van der Waals surface area contributed by atoms with E-state index in [0.717, 1.165) is 28.1 Å². The molecule has 0 bridgehead atoms. The van der Waals surface area contributed by atoms with Crippen molar-refractivity contribution in [2.75, 3.05) is 24.5 Å². The van der Waals surface area contributed by atoms with Crippen molar-refractivity contribution in [1.82, 2.24) is 14.5 Å². The van der Waals surface area contributed by atoms with Crippen molar-refractivity contribution in [2.24, 2.45) is 0 Å². The molecular formula is C27H30N4O2. The number of amides is 2. The first-order chi connectivity index (χ1) is 15.9. The summed E-state index contributed by atoms with van der Waals surface area (Å²) in [6.07, 6.45) is 3.80. The molecule has 0 aliphatic carbocycles. The molecule has 1 aliphatic rings. The first-order valence-electron chi connectivity index (χ1n) is 11.2. The third-order valence-electron chi connectivity index (χ3n) is 6.32. The molecule has 1 atom stereocenters. The van der Waals surface area contributed by atoms with Gasteiger partial charge in [-0.15, -0.1) is 13.2 Å². The first kappa shape index (κ1) is 22.5. The average Bonchev–Trinajstić information content (AvgIpc) is 3.36. The number of nitrogens with zero attached hydrogens (tertiary/aromatic N) is 4. The third-order valence-corrected chi connectivity index (χ3v) is 6.32. The van der Waals surface area contributed by atoms with Gasteiger partial charge in [-0.3, -0.25) is 9.59 Å². The summed E-state index contributed by atoms with van der Waals surface area (Å²) in [5.74, 6) is 0.732. The van der Waals surface area contributed by atoms with E-state index >= 15 is 0 Å². The fraction of sp³-hybridized carbons (Fsp3) is 0.296. The Labute approximate surface area is 194 Å². The first-order valence-corrected chi connectivity index (χ1v) is 11.2. The van der Waals surface area contributed by atoms with Gasteiger partial charge < -0.3 is 14.4 Å². The highest BCUT2D eigenvalue weighted by Gasteiger charge is 2.35. The van der Waals surface area contributed by atoms with Crippen LogP contribution < -0.4 is 4.90 Å². The summed E-state index contributed by atoms with van der Waals surface area (Å²) in [6, 6.07) is 13.9. The molecule has 0 saturated carbocycles. The van der Waals surface area contributed by atoms with Crippen LogP contribution in [-0.4, -0.2) is 45.9 Å². The summed E-state index contributed by atoms with van der Waals surface area (Å²) in [7, 11) is 0. The van der Waals surface area contributed by atoms with Crippen LogP contribution in [0.2, 0.25) is 0 Å². The van der Waals surface area contributed by atoms with E-state index in [-0.39, 0.29) is 24.3 Å². The van der Waals surface area contributed by atoms with Gasteiger partial charge in [-0.05, 0) is 49.2 Å². The van der Waals surface area contributed by atoms with Crippen molar-refractivity contribution < 1.29 is 9.59 Å². The standard InChI is InChI=1S/C27H30N4O2/c1-5-13-29(14-6-2)26(33)18-31-24-10-8-7-9-23(24)28-27(31)21-16-25(32)30(17-21)22-12-11-19(3)20(4)15-22/h5-12,15,21H,1-2,13-14,16-18H2,3-4H3. The number of anilines is 1. The molecule has 1 aliphatic heterocycles. The highest BCUT2D eigenvalue weighted by atomic mass is 16.2. The third kappa shape index (κ3) is 4.46. The number of hydrogen-bond donors (Lipinski definition) is 0. The molecule has 3 aromatic rings. The van der Waals surface area contributed by atoms with Gasteiger partial charge in [0.2, 0.25) is 11.8 Å². The number of aromatic nitrogens is 2. The van der Waals surface area contributed by atoms with Crippen molar-refractivity contribution >= 4 is 28.5 Å². The van der Waals surface area contributed by atoms with Gasteiger partial charge in [0.25, 0.3) is 0 Å². The molecule has 0 spiro atoms. The van der Waals surface area contributed by atoms with E-state index in [4.69, 9.17) is 4.98 Å². The van der Waals surface area contributed by atoms with Gasteiger partial charge in [0.15, 0.2) is 0 Å². The van der Waals surface area contributed by atoms with Crippen LogP contribution in [-0.2, 0) is 16.1 Å². The summed E-state index contributed by atoms with van der Waals surface area (Å²) in [5, 5.41) is 0. The average molecular weight is 443 g/mol. The number of rotatable bonds is 8. The number of aryl methyl sites for hydroxylation is 2. The SMILES string of the molecule is C=CCN(CC=C)C(=O)Cn1c(C2CC(=O)N(c3ccc(C)c(C)c3)C2)nc2ccccc21. The van der Waals surface area contributed by atoms with E-state index in [0.29, 0.717) is 26.1 Å². The van der Waals surface area contributed by atoms with Crippen molar-refractivity contribution in [2.45, 2.75) is 32.7 Å². The van der Waals surface area contributed by atoms with Crippen LogP contribution >= 0.6 is 0 Å². The minimum Gasteiger partial charge on any atom is -0.334 e. The molecule has 0 radical (unpaired) electrons. The maximum atomic E-state index is 13.1. The van der Waals surface area contributed by atoms with E-state index in [1.165, 1.54) is 5.56 Å². The van der Waals surface area contributed by atoms with Gasteiger partial charge >= 0.3 is 0 Å². The van der Waals surface area contributed by atoms with Crippen molar-refractivity contribution in [3.8, 4) is 0 Å². The summed E-state index contributed by atoms with van der Waals surface area (Å²) in [6.45, 7) is 13.2. The molecule has 0 N–H and O–H groups in total. The largest absolute Gasteiger partial charge is 0.334 e. The number of para-hydroxylation sites is 2. The lowest BCUT2D eigenvalue weighted by Gasteiger charge is -2.21. The summed E-state index contributed by atoms with van der Waals surface area (Å²) in [4.78, 5) is 34.5. The Morgan fingerprint density at radius 3 is 2.55 bits per heavy atom. The molecule has 6 heteroatoms. The lowest BCUT2D eigenvalue weighted by Crippen LogP contribution is -2.34. The molecule has 1 unspecified atom stereocenters. The Kier molecular flexibility index (Phi) is 6.45. The lowest BCUT2D eigenvalue weighted by molar-refractivity contribution is -0.130. The summed E-state index contributed by atoms with van der Waals surface area (Å²) >= 11 is 0. The minimum atomic E-state index is -0.0911. The highest BCUT2D eigenvalue weighted by molar-refractivity contribution is 5.96. The van der Waals surface area contributed by atoms with Crippen LogP contribution in [0.4, 0.5) is 5.69 Å². The second kappa shape index (κ2) is 9.45. The van der Waals surface area contributed by atoms with E-state index in [1.807, 2.05) is 45.9 Å². The Balaban J connectivity index is 1.67. The predicted octanol–water partition coefficient (Wildman–Crippen LogP) is 4.37. The van der Waals surface area contributed by atoms with Crippen LogP contribution in [0.1, 0.15) is 29.3 Å². The van der Waals surface area contributed by atoms with Crippen LogP contribution in [0.15, 0.2) is 67.8 Å². The van der Waals surface area contributed by atoms with Crippen molar-refractivity contribution in [3.05, 3.63) is 84.7 Å². The van der Waals surface area contributed by atoms with Crippen LogP contribution in [0, 0.1) is 13.8 Å². The molecule has 6 nitrogen and oxygen atoms in total. The van der Waals surface area contributed by atoms with Crippen LogP contribution in [0.25, 0.3) is 11.0 Å². The lowest BCUT2D eigenvalue weighted by atomic mass is 10.1. The zero-order valence-corrected chi connectivity index (χ0v) is 19.3. The normalized spacial score (nSPS) is 15.8. The second-order valence-electron chi connectivity index (χ2n) is 8.59. The maximum Gasteiger partial charge on any atom is 0.243 e. The number of fused-ring (bicyclic) bond motifs is 1. The molecule has 2 amide bonds. The Hall–Kier alpha value is -3.67. The van der Waals surface area contributed by atoms with E-state index < -0.39 is 0 Å². The minimum absolute atomic E-state index is 0.0328. The summed E-state index contributed by atoms with van der Waals surface area (Å²) < 4.78 is 1.97. The fourth-order valence-electron chi connectivity index (χ4n) is 4.42.